The van der Waals surface area contributed by atoms with Gasteiger partial charge < -0.3 is 9.64 Å². The van der Waals surface area contributed by atoms with Crippen LogP contribution in [0.4, 0.5) is 0 Å². The van der Waals surface area contributed by atoms with E-state index in [1.807, 2.05) is 32.6 Å². The summed E-state index contributed by atoms with van der Waals surface area (Å²) in [5.41, 5.74) is 0.364. The highest BCUT2D eigenvalue weighted by atomic mass is 35.5. The molecule has 0 bridgehead atoms. The molecule has 0 aromatic heterocycles. The van der Waals surface area contributed by atoms with E-state index in [1.54, 1.807) is 6.07 Å². The van der Waals surface area contributed by atoms with Gasteiger partial charge in [0.25, 0.3) is 5.91 Å². The number of hydrogen-bond acceptors (Lipinski definition) is 4. The van der Waals surface area contributed by atoms with Crippen molar-refractivity contribution in [2.45, 2.75) is 82.6 Å². The fourth-order valence-electron chi connectivity index (χ4n) is 4.45. The number of nitrogens with zero attached hydrogens (tertiary/aromatic N) is 2. The molecule has 2 fully saturated rings. The second-order valence-corrected chi connectivity index (χ2v) is 10.8. The smallest absolute Gasteiger partial charge is 0.254 e. The fraction of sp³-hybridized carbons (Fsp3) is 0.667. The number of carbonyl (C=O) groups is 1. The van der Waals surface area contributed by atoms with Crippen LogP contribution in [0.3, 0.4) is 0 Å². The van der Waals surface area contributed by atoms with E-state index in [4.69, 9.17) is 16.3 Å². The van der Waals surface area contributed by atoms with Gasteiger partial charge in [0.15, 0.2) is 0 Å². The van der Waals surface area contributed by atoms with Crippen molar-refractivity contribution in [3.05, 3.63) is 28.8 Å². The molecule has 2 aliphatic rings. The lowest BCUT2D eigenvalue weighted by Crippen LogP contribution is -2.48. The number of amides is 1. The molecule has 1 aliphatic carbocycles. The lowest BCUT2D eigenvalue weighted by molar-refractivity contribution is -0.0440. The second kappa shape index (κ2) is 8.92. The number of benzene rings is 1. The van der Waals surface area contributed by atoms with Crippen LogP contribution < -0.4 is 0 Å². The van der Waals surface area contributed by atoms with Crippen LogP contribution in [0.1, 0.15) is 63.7 Å². The highest BCUT2D eigenvalue weighted by Gasteiger charge is 2.35. The number of carbonyl (C=O) groups excluding carboxylic acids is 1. The first kappa shape index (κ1) is 22.5. The van der Waals surface area contributed by atoms with Gasteiger partial charge in [0, 0.05) is 30.7 Å². The lowest BCUT2D eigenvalue weighted by atomic mass is 10.1. The molecule has 3 rings (SSSR count). The number of hydrogen-bond donors (Lipinski definition) is 0. The highest BCUT2D eigenvalue weighted by molar-refractivity contribution is 7.89. The van der Waals surface area contributed by atoms with Crippen molar-refractivity contribution in [2.75, 3.05) is 13.1 Å². The summed E-state index contributed by atoms with van der Waals surface area (Å²) in [6, 6.07) is 4.83. The van der Waals surface area contributed by atoms with Crippen LogP contribution >= 0.6 is 11.6 Å². The maximum Gasteiger partial charge on any atom is 0.254 e. The third kappa shape index (κ3) is 4.79. The quantitative estimate of drug-likeness (QED) is 0.692. The van der Waals surface area contributed by atoms with E-state index in [1.165, 1.54) is 16.4 Å². The van der Waals surface area contributed by atoms with Gasteiger partial charge in [-0.1, -0.05) is 24.4 Å². The molecule has 1 saturated carbocycles. The third-order valence-corrected chi connectivity index (χ3v) is 8.00. The molecule has 1 aliphatic heterocycles. The van der Waals surface area contributed by atoms with Gasteiger partial charge in [-0.3, -0.25) is 4.79 Å². The molecule has 0 radical (unpaired) electrons. The van der Waals surface area contributed by atoms with Crippen molar-refractivity contribution < 1.29 is 17.9 Å². The third-order valence-electron chi connectivity index (χ3n) is 5.69. The van der Waals surface area contributed by atoms with E-state index in [0.29, 0.717) is 5.56 Å². The minimum atomic E-state index is -3.83. The van der Waals surface area contributed by atoms with Crippen molar-refractivity contribution in [1.82, 2.24) is 9.21 Å². The van der Waals surface area contributed by atoms with E-state index < -0.39 is 10.0 Å². The Morgan fingerprint density at radius 2 is 1.76 bits per heavy atom. The molecule has 29 heavy (non-hydrogen) atoms. The maximum atomic E-state index is 13.3. The van der Waals surface area contributed by atoms with Gasteiger partial charge >= 0.3 is 0 Å². The van der Waals surface area contributed by atoms with Crippen LogP contribution in [0.25, 0.3) is 0 Å². The average Bonchev–Trinajstić information content (AvgIpc) is 3.15. The van der Waals surface area contributed by atoms with Gasteiger partial charge in [-0.05, 0) is 58.7 Å². The van der Waals surface area contributed by atoms with Crippen LogP contribution in [0.5, 0.6) is 0 Å². The van der Waals surface area contributed by atoms with Crippen molar-refractivity contribution in [3.8, 4) is 0 Å². The summed E-state index contributed by atoms with van der Waals surface area (Å²) in [6.45, 7) is 8.23. The van der Waals surface area contributed by atoms with Gasteiger partial charge in [0.2, 0.25) is 10.0 Å². The standard InChI is InChI=1S/C21H31ClN2O4S/c1-14(2)24(18-7-5-6-8-18)21(25)17-9-10-19(22)20(11-17)29(26,27)23-12-15(3)28-16(4)13-23/h9-11,14-16,18H,5-8,12-13H2,1-4H3. The Labute approximate surface area is 179 Å². The van der Waals surface area contributed by atoms with E-state index >= 15 is 0 Å². The fourth-order valence-corrected chi connectivity index (χ4v) is 6.54. The molecule has 162 valence electrons. The normalized spacial score (nSPS) is 24.2. The van der Waals surface area contributed by atoms with Crippen LogP contribution in [-0.4, -0.2) is 60.9 Å². The summed E-state index contributed by atoms with van der Waals surface area (Å²) < 4.78 is 33.6. The Morgan fingerprint density at radius 1 is 1.17 bits per heavy atom. The SMILES string of the molecule is CC1CN(S(=O)(=O)c2cc(C(=O)N(C(C)C)C3CCCC3)ccc2Cl)CC(C)O1. The Balaban J connectivity index is 1.94. The molecule has 1 saturated heterocycles. The zero-order valence-corrected chi connectivity index (χ0v) is 19.2. The Bertz CT molecular complexity index is 842. The highest BCUT2D eigenvalue weighted by Crippen LogP contribution is 2.31. The maximum absolute atomic E-state index is 13.3. The predicted molar refractivity (Wildman–Crippen MR) is 114 cm³/mol. The molecular formula is C21H31ClN2O4S. The average molecular weight is 443 g/mol. The van der Waals surface area contributed by atoms with Gasteiger partial charge in [-0.15, -0.1) is 0 Å². The number of halogens is 1. The summed E-state index contributed by atoms with van der Waals surface area (Å²) in [7, 11) is -3.83. The first-order valence-corrected chi connectivity index (χ1v) is 12.2. The van der Waals surface area contributed by atoms with Crippen molar-refractivity contribution >= 4 is 27.5 Å². The largest absolute Gasteiger partial charge is 0.373 e. The molecule has 1 heterocycles. The molecule has 1 amide bonds. The van der Waals surface area contributed by atoms with E-state index in [2.05, 4.69) is 0 Å². The van der Waals surface area contributed by atoms with Gasteiger partial charge in [0.1, 0.15) is 4.90 Å². The van der Waals surface area contributed by atoms with Crippen LogP contribution in [0.2, 0.25) is 5.02 Å². The molecule has 1 aromatic rings. The molecular weight excluding hydrogens is 412 g/mol. The van der Waals surface area contributed by atoms with E-state index in [9.17, 15) is 13.2 Å². The zero-order valence-electron chi connectivity index (χ0n) is 17.6. The second-order valence-electron chi connectivity index (χ2n) is 8.47. The van der Waals surface area contributed by atoms with E-state index in [-0.39, 0.29) is 53.2 Å². The van der Waals surface area contributed by atoms with Crippen molar-refractivity contribution in [2.24, 2.45) is 0 Å². The Morgan fingerprint density at radius 3 is 2.31 bits per heavy atom. The molecule has 0 spiro atoms. The molecule has 6 nitrogen and oxygen atoms in total. The summed E-state index contributed by atoms with van der Waals surface area (Å²) >= 11 is 6.28. The van der Waals surface area contributed by atoms with Gasteiger partial charge in [-0.2, -0.15) is 4.31 Å². The number of sulfonamides is 1. The van der Waals surface area contributed by atoms with Crippen LogP contribution in [-0.2, 0) is 14.8 Å². The minimum Gasteiger partial charge on any atom is -0.373 e. The molecule has 1 aromatic carbocycles. The monoisotopic (exact) mass is 442 g/mol. The van der Waals surface area contributed by atoms with Gasteiger partial charge in [0.05, 0.1) is 17.2 Å². The topological polar surface area (TPSA) is 66.9 Å². The van der Waals surface area contributed by atoms with Crippen LogP contribution in [0, 0.1) is 0 Å². The number of rotatable bonds is 5. The van der Waals surface area contributed by atoms with Crippen LogP contribution in [0.15, 0.2) is 23.1 Å². The molecule has 0 N–H and O–H groups in total. The molecule has 2 unspecified atom stereocenters. The van der Waals surface area contributed by atoms with Crippen molar-refractivity contribution in [1.29, 1.82) is 0 Å². The van der Waals surface area contributed by atoms with E-state index in [0.717, 1.165) is 25.7 Å². The summed E-state index contributed by atoms with van der Waals surface area (Å²) in [4.78, 5) is 15.2. The Hall–Kier alpha value is -1.15. The predicted octanol–water partition coefficient (Wildman–Crippen LogP) is 3.93. The van der Waals surface area contributed by atoms with Crippen molar-refractivity contribution in [3.63, 3.8) is 0 Å². The zero-order chi connectivity index (χ0) is 21.3. The molecule has 2 atom stereocenters. The summed E-state index contributed by atoms with van der Waals surface area (Å²) in [5, 5.41) is 0.130. The Kier molecular flexibility index (Phi) is 6.93. The lowest BCUT2D eigenvalue weighted by Gasteiger charge is -2.35. The molecule has 8 heteroatoms. The summed E-state index contributed by atoms with van der Waals surface area (Å²) in [5.74, 6) is -0.135. The summed E-state index contributed by atoms with van der Waals surface area (Å²) in [6.07, 6.45) is 3.83. The number of ether oxygens (including phenoxy) is 1. The van der Waals surface area contributed by atoms with Gasteiger partial charge in [-0.25, -0.2) is 8.42 Å². The first-order chi connectivity index (χ1) is 13.6. The first-order valence-electron chi connectivity index (χ1n) is 10.4. The minimum absolute atomic E-state index is 0.0126. The number of morpholine rings is 1.